The minimum absolute atomic E-state index is 0.239. The molecule has 0 aromatic carbocycles. The van der Waals surface area contributed by atoms with Crippen molar-refractivity contribution in [1.82, 2.24) is 0 Å². The van der Waals surface area contributed by atoms with E-state index in [0.29, 0.717) is 12.8 Å². The van der Waals surface area contributed by atoms with Crippen LogP contribution >= 0.6 is 0 Å². The van der Waals surface area contributed by atoms with Gasteiger partial charge in [-0.1, -0.05) is 25.7 Å². The van der Waals surface area contributed by atoms with E-state index in [2.05, 4.69) is 0 Å². The number of hydrogen-bond acceptors (Lipinski definition) is 3. The highest BCUT2D eigenvalue weighted by atomic mass is 16.4. The van der Waals surface area contributed by atoms with Crippen molar-refractivity contribution in [2.24, 2.45) is 11.5 Å². The number of unbranched alkanes of at least 4 members (excludes halogenated alkanes) is 4. The Balaban J connectivity index is 3.18. The van der Waals surface area contributed by atoms with Gasteiger partial charge in [-0.3, -0.25) is 10.2 Å². The van der Waals surface area contributed by atoms with Crippen molar-refractivity contribution in [3.05, 3.63) is 0 Å². The molecule has 5 heteroatoms. The second-order valence-corrected chi connectivity index (χ2v) is 3.78. The fraction of sp³-hybridized carbons (Fsp3) is 0.800. The third kappa shape index (κ3) is 9.21. The van der Waals surface area contributed by atoms with Gasteiger partial charge >= 0.3 is 5.97 Å². The lowest BCUT2D eigenvalue weighted by molar-refractivity contribution is -0.138. The van der Waals surface area contributed by atoms with Gasteiger partial charge in [0, 0.05) is 6.42 Å². The van der Waals surface area contributed by atoms with Gasteiger partial charge in [0.1, 0.15) is 6.04 Å². The van der Waals surface area contributed by atoms with E-state index in [1.807, 2.05) is 0 Å². The molecule has 0 rings (SSSR count). The zero-order valence-electron chi connectivity index (χ0n) is 9.04. The third-order valence-electron chi connectivity index (χ3n) is 2.28. The van der Waals surface area contributed by atoms with Crippen LogP contribution in [0.5, 0.6) is 0 Å². The van der Waals surface area contributed by atoms with E-state index in [9.17, 15) is 4.79 Å². The molecule has 88 valence electrons. The van der Waals surface area contributed by atoms with Crippen LogP contribution in [0.4, 0.5) is 0 Å². The summed E-state index contributed by atoms with van der Waals surface area (Å²) in [6.07, 6.45) is 6.10. The summed E-state index contributed by atoms with van der Waals surface area (Å²) < 4.78 is 0. The molecule has 0 aromatic heterocycles. The summed E-state index contributed by atoms with van der Waals surface area (Å²) in [6, 6.07) is -0.720. The van der Waals surface area contributed by atoms with Crippen LogP contribution < -0.4 is 11.5 Å². The summed E-state index contributed by atoms with van der Waals surface area (Å²) in [5.74, 6) is -0.686. The molecular formula is C10H21N3O2. The van der Waals surface area contributed by atoms with Gasteiger partial charge in [0.25, 0.3) is 0 Å². The number of amidine groups is 1. The number of carboxylic acids is 1. The van der Waals surface area contributed by atoms with E-state index < -0.39 is 12.0 Å². The third-order valence-corrected chi connectivity index (χ3v) is 2.28. The first-order valence-corrected chi connectivity index (χ1v) is 5.35. The van der Waals surface area contributed by atoms with Gasteiger partial charge in [-0.2, -0.15) is 0 Å². The molecule has 0 saturated carbocycles. The van der Waals surface area contributed by atoms with Gasteiger partial charge in [0.05, 0.1) is 5.84 Å². The number of hydrogen-bond donors (Lipinski definition) is 4. The Labute approximate surface area is 90.3 Å². The van der Waals surface area contributed by atoms with Crippen LogP contribution in [-0.4, -0.2) is 23.0 Å². The molecule has 0 aliphatic heterocycles. The van der Waals surface area contributed by atoms with Gasteiger partial charge in [0.15, 0.2) is 0 Å². The van der Waals surface area contributed by atoms with E-state index >= 15 is 0 Å². The highest BCUT2D eigenvalue weighted by molar-refractivity contribution is 5.76. The maximum atomic E-state index is 10.4. The molecule has 15 heavy (non-hydrogen) atoms. The molecule has 0 spiro atoms. The molecule has 0 radical (unpaired) electrons. The van der Waals surface area contributed by atoms with Gasteiger partial charge in [0.2, 0.25) is 0 Å². The average Bonchev–Trinajstić information content (AvgIpc) is 2.15. The Kier molecular flexibility index (Phi) is 7.62. The largest absolute Gasteiger partial charge is 0.480 e. The lowest BCUT2D eigenvalue weighted by atomic mass is 10.1. The van der Waals surface area contributed by atoms with Crippen LogP contribution in [0.25, 0.3) is 0 Å². The summed E-state index contributed by atoms with van der Waals surface area (Å²) in [6.45, 7) is 0. The molecule has 5 nitrogen and oxygen atoms in total. The number of nitrogens with two attached hydrogens (primary N) is 2. The lowest BCUT2D eigenvalue weighted by Crippen LogP contribution is -2.29. The second-order valence-electron chi connectivity index (χ2n) is 3.78. The predicted octanol–water partition coefficient (Wildman–Crippen LogP) is 1.06. The quantitative estimate of drug-likeness (QED) is 0.261. The summed E-state index contributed by atoms with van der Waals surface area (Å²) >= 11 is 0. The smallest absolute Gasteiger partial charge is 0.320 e. The van der Waals surface area contributed by atoms with E-state index in [-0.39, 0.29) is 5.84 Å². The molecule has 0 saturated heterocycles. The first kappa shape index (κ1) is 13.9. The fourth-order valence-corrected chi connectivity index (χ4v) is 1.33. The van der Waals surface area contributed by atoms with Crippen molar-refractivity contribution in [3.8, 4) is 0 Å². The van der Waals surface area contributed by atoms with E-state index in [1.54, 1.807) is 0 Å². The zero-order chi connectivity index (χ0) is 11.7. The molecule has 1 unspecified atom stereocenters. The Bertz CT molecular complexity index is 207. The van der Waals surface area contributed by atoms with Crippen LogP contribution in [-0.2, 0) is 4.79 Å². The molecule has 0 fully saturated rings. The maximum absolute atomic E-state index is 10.4. The Morgan fingerprint density at radius 2 is 1.73 bits per heavy atom. The minimum atomic E-state index is -0.924. The molecule has 6 N–H and O–H groups in total. The Morgan fingerprint density at radius 1 is 1.20 bits per heavy atom. The van der Waals surface area contributed by atoms with Gasteiger partial charge in [-0.25, -0.2) is 0 Å². The lowest BCUT2D eigenvalue weighted by Gasteiger charge is -2.05. The van der Waals surface area contributed by atoms with Crippen LogP contribution in [0, 0.1) is 5.41 Å². The maximum Gasteiger partial charge on any atom is 0.320 e. The second kappa shape index (κ2) is 8.23. The normalized spacial score (nSPS) is 12.3. The Hall–Kier alpha value is -1.10. The zero-order valence-corrected chi connectivity index (χ0v) is 9.04. The minimum Gasteiger partial charge on any atom is -0.480 e. The Morgan fingerprint density at radius 3 is 2.27 bits per heavy atom. The van der Waals surface area contributed by atoms with Gasteiger partial charge in [-0.15, -0.1) is 0 Å². The van der Waals surface area contributed by atoms with E-state index in [1.165, 1.54) is 0 Å². The predicted molar refractivity (Wildman–Crippen MR) is 59.8 cm³/mol. The van der Waals surface area contributed by atoms with E-state index in [4.69, 9.17) is 22.0 Å². The van der Waals surface area contributed by atoms with Crippen molar-refractivity contribution in [1.29, 1.82) is 5.41 Å². The number of nitrogens with one attached hydrogen (secondary N) is 1. The van der Waals surface area contributed by atoms with Crippen LogP contribution in [0.2, 0.25) is 0 Å². The van der Waals surface area contributed by atoms with Crippen molar-refractivity contribution in [2.45, 2.75) is 51.0 Å². The standard InChI is InChI=1S/C10H21N3O2/c11-8(10(14)15)6-4-2-1-3-5-7-9(12)13/h8H,1-7,11H2,(H3,12,13)(H,14,15). The van der Waals surface area contributed by atoms with Crippen molar-refractivity contribution >= 4 is 11.8 Å². The van der Waals surface area contributed by atoms with Crippen molar-refractivity contribution < 1.29 is 9.90 Å². The monoisotopic (exact) mass is 215 g/mol. The molecule has 0 aliphatic rings. The molecule has 0 aromatic rings. The number of rotatable bonds is 9. The summed E-state index contributed by atoms with van der Waals surface area (Å²) in [4.78, 5) is 10.4. The molecule has 0 heterocycles. The summed E-state index contributed by atoms with van der Waals surface area (Å²) in [5.41, 5.74) is 10.6. The fourth-order valence-electron chi connectivity index (χ4n) is 1.33. The molecule has 1 atom stereocenters. The molecule has 0 aliphatic carbocycles. The number of aliphatic carboxylic acids is 1. The summed E-state index contributed by atoms with van der Waals surface area (Å²) in [5, 5.41) is 15.5. The first-order chi connectivity index (χ1) is 7.04. The highest BCUT2D eigenvalue weighted by Crippen LogP contribution is 2.08. The summed E-state index contributed by atoms with van der Waals surface area (Å²) in [7, 11) is 0. The van der Waals surface area contributed by atoms with Gasteiger partial charge < -0.3 is 16.6 Å². The molecular weight excluding hydrogens is 194 g/mol. The van der Waals surface area contributed by atoms with E-state index in [0.717, 1.165) is 32.1 Å². The first-order valence-electron chi connectivity index (χ1n) is 5.35. The number of carboxylic acid groups (broad SMARTS) is 1. The van der Waals surface area contributed by atoms with Gasteiger partial charge in [-0.05, 0) is 12.8 Å². The molecule has 0 bridgehead atoms. The van der Waals surface area contributed by atoms with Crippen molar-refractivity contribution in [3.63, 3.8) is 0 Å². The van der Waals surface area contributed by atoms with Crippen LogP contribution in [0.15, 0.2) is 0 Å². The van der Waals surface area contributed by atoms with Crippen LogP contribution in [0.1, 0.15) is 44.9 Å². The topological polar surface area (TPSA) is 113 Å². The SMILES string of the molecule is N=C(N)CCCCCCCC(N)C(=O)O. The molecule has 0 amide bonds. The number of carbonyl (C=O) groups is 1. The van der Waals surface area contributed by atoms with Crippen LogP contribution in [0.3, 0.4) is 0 Å². The highest BCUT2D eigenvalue weighted by Gasteiger charge is 2.09. The average molecular weight is 215 g/mol. The van der Waals surface area contributed by atoms with Crippen molar-refractivity contribution in [2.75, 3.05) is 0 Å².